The Bertz CT molecular complexity index is 791. The lowest BCUT2D eigenvalue weighted by atomic mass is 9.95. The topological polar surface area (TPSA) is 59.8 Å². The smallest absolute Gasteiger partial charge is 0.237 e. The third kappa shape index (κ3) is 4.38. The maximum absolute atomic E-state index is 13.2. The zero-order valence-electron chi connectivity index (χ0n) is 14.8. The van der Waals surface area contributed by atoms with E-state index in [1.165, 1.54) is 49.2 Å². The Morgan fingerprint density at radius 1 is 1.35 bits per heavy atom. The molecule has 0 bridgehead atoms. The highest BCUT2D eigenvalue weighted by Gasteiger charge is 2.24. The number of halogens is 2. The minimum Gasteiger partial charge on any atom is -0.325 e. The second-order valence-corrected chi connectivity index (χ2v) is 8.28. The minimum absolute atomic E-state index is 0.0178. The molecule has 1 aliphatic rings. The first-order valence-electron chi connectivity index (χ1n) is 8.80. The number of hydrogen-bond acceptors (Lipinski definition) is 4. The van der Waals surface area contributed by atoms with Crippen LogP contribution < -0.4 is 5.32 Å². The summed E-state index contributed by atoms with van der Waals surface area (Å²) in [5.74, 6) is 0.189. The highest BCUT2D eigenvalue weighted by molar-refractivity contribution is 8.00. The van der Waals surface area contributed by atoms with Gasteiger partial charge < -0.3 is 9.88 Å². The summed E-state index contributed by atoms with van der Waals surface area (Å²) in [6, 6.07) is 4.54. The number of anilines is 1. The molecule has 1 atom stereocenters. The van der Waals surface area contributed by atoms with E-state index < -0.39 is 5.82 Å². The molecule has 0 aliphatic heterocycles. The molecule has 1 heterocycles. The van der Waals surface area contributed by atoms with Crippen LogP contribution in [0.4, 0.5) is 10.1 Å². The monoisotopic (exact) mass is 396 g/mol. The predicted octanol–water partition coefficient (Wildman–Crippen LogP) is 5.00. The van der Waals surface area contributed by atoms with Gasteiger partial charge in [-0.1, -0.05) is 42.6 Å². The van der Waals surface area contributed by atoms with Gasteiger partial charge in [-0.25, -0.2) is 4.39 Å². The number of hydrogen-bond donors (Lipinski definition) is 1. The van der Waals surface area contributed by atoms with Gasteiger partial charge in [-0.3, -0.25) is 4.79 Å². The van der Waals surface area contributed by atoms with E-state index in [2.05, 4.69) is 20.1 Å². The number of nitrogens with one attached hydrogen (secondary N) is 1. The van der Waals surface area contributed by atoms with Crippen LogP contribution in [0, 0.1) is 12.7 Å². The summed E-state index contributed by atoms with van der Waals surface area (Å²) in [6.07, 6.45) is 5.96. The largest absolute Gasteiger partial charge is 0.325 e. The third-order valence-electron chi connectivity index (χ3n) is 4.61. The van der Waals surface area contributed by atoms with Crippen LogP contribution in [0.1, 0.15) is 50.9 Å². The summed E-state index contributed by atoms with van der Waals surface area (Å²) in [5.41, 5.74) is 0.471. The van der Waals surface area contributed by atoms with Crippen molar-refractivity contribution < 1.29 is 9.18 Å². The molecule has 26 heavy (non-hydrogen) atoms. The Balaban J connectivity index is 1.68. The quantitative estimate of drug-likeness (QED) is 0.722. The Hall–Kier alpha value is -1.60. The number of carbonyl (C=O) groups is 1. The number of aryl methyl sites for hydroxylation is 1. The molecular formula is C18H22ClFN4OS. The van der Waals surface area contributed by atoms with Crippen molar-refractivity contribution in [3.8, 4) is 0 Å². The summed E-state index contributed by atoms with van der Waals surface area (Å²) in [5, 5.41) is 11.6. The van der Waals surface area contributed by atoms with Crippen LogP contribution in [-0.4, -0.2) is 25.9 Å². The lowest BCUT2D eigenvalue weighted by molar-refractivity contribution is -0.115. The molecule has 0 saturated heterocycles. The van der Waals surface area contributed by atoms with Gasteiger partial charge in [0.1, 0.15) is 11.6 Å². The number of rotatable bonds is 5. The molecule has 1 N–H and O–H groups in total. The summed E-state index contributed by atoms with van der Waals surface area (Å²) in [6.45, 7) is 3.78. The molecule has 2 aromatic rings. The molecule has 5 nitrogen and oxygen atoms in total. The van der Waals surface area contributed by atoms with Crippen molar-refractivity contribution in [1.82, 2.24) is 14.8 Å². The molecule has 8 heteroatoms. The van der Waals surface area contributed by atoms with Crippen LogP contribution in [0.5, 0.6) is 0 Å². The van der Waals surface area contributed by atoms with Gasteiger partial charge in [0, 0.05) is 11.7 Å². The molecule has 0 radical (unpaired) electrons. The molecule has 1 unspecified atom stereocenters. The highest BCUT2D eigenvalue weighted by atomic mass is 35.5. The average Bonchev–Trinajstić information content (AvgIpc) is 2.99. The van der Waals surface area contributed by atoms with Crippen LogP contribution >= 0.6 is 23.4 Å². The zero-order chi connectivity index (χ0) is 18.7. The van der Waals surface area contributed by atoms with E-state index in [0.29, 0.717) is 11.7 Å². The van der Waals surface area contributed by atoms with E-state index in [1.54, 1.807) is 0 Å². The van der Waals surface area contributed by atoms with Crippen molar-refractivity contribution in [2.24, 2.45) is 0 Å². The van der Waals surface area contributed by atoms with E-state index in [4.69, 9.17) is 11.6 Å². The first-order chi connectivity index (χ1) is 12.5. The first kappa shape index (κ1) is 19.2. The molecule has 3 rings (SSSR count). The maximum atomic E-state index is 13.2. The Morgan fingerprint density at radius 3 is 2.77 bits per heavy atom. The SMILES string of the molecule is Cc1nnc(SC(C)C(=O)Nc2ccc(F)c(Cl)c2)n1C1CCCCC1. The molecule has 1 aromatic heterocycles. The molecule has 0 spiro atoms. The van der Waals surface area contributed by atoms with Crippen LogP contribution in [0.2, 0.25) is 5.02 Å². The van der Waals surface area contributed by atoms with Crippen molar-refractivity contribution in [3.05, 3.63) is 34.9 Å². The normalized spacial score (nSPS) is 16.5. The van der Waals surface area contributed by atoms with Gasteiger partial charge in [0.25, 0.3) is 0 Å². The van der Waals surface area contributed by atoms with E-state index >= 15 is 0 Å². The lowest BCUT2D eigenvalue weighted by Gasteiger charge is -2.25. The van der Waals surface area contributed by atoms with Crippen LogP contribution in [-0.2, 0) is 4.79 Å². The Kier molecular flexibility index (Phi) is 6.19. The van der Waals surface area contributed by atoms with Gasteiger partial charge in [0.05, 0.1) is 10.3 Å². The van der Waals surface area contributed by atoms with E-state index in [9.17, 15) is 9.18 Å². The fourth-order valence-corrected chi connectivity index (χ4v) is 4.36. The summed E-state index contributed by atoms with van der Waals surface area (Å²) in [4.78, 5) is 12.5. The predicted molar refractivity (Wildman–Crippen MR) is 102 cm³/mol. The maximum Gasteiger partial charge on any atom is 0.237 e. The Morgan fingerprint density at radius 2 is 2.08 bits per heavy atom. The second kappa shape index (κ2) is 8.39. The van der Waals surface area contributed by atoms with E-state index in [1.807, 2.05) is 13.8 Å². The first-order valence-corrected chi connectivity index (χ1v) is 10.1. The summed E-state index contributed by atoms with van der Waals surface area (Å²) >= 11 is 7.15. The van der Waals surface area contributed by atoms with Crippen LogP contribution in [0.15, 0.2) is 23.4 Å². The number of benzene rings is 1. The fraction of sp³-hybridized carbons (Fsp3) is 0.500. The molecule has 140 valence electrons. The number of nitrogens with zero attached hydrogens (tertiary/aromatic N) is 3. The number of thioether (sulfide) groups is 1. The van der Waals surface area contributed by atoms with Gasteiger partial charge in [-0.15, -0.1) is 10.2 Å². The zero-order valence-corrected chi connectivity index (χ0v) is 16.4. The van der Waals surface area contributed by atoms with E-state index in [0.717, 1.165) is 23.8 Å². The fourth-order valence-electron chi connectivity index (χ4n) is 3.22. The van der Waals surface area contributed by atoms with Gasteiger partial charge in [0.15, 0.2) is 5.16 Å². The average molecular weight is 397 g/mol. The Labute approximate surface area is 161 Å². The summed E-state index contributed by atoms with van der Waals surface area (Å²) in [7, 11) is 0. The molecular weight excluding hydrogens is 375 g/mol. The minimum atomic E-state index is -0.511. The lowest BCUT2D eigenvalue weighted by Crippen LogP contribution is -2.23. The number of carbonyl (C=O) groups excluding carboxylic acids is 1. The summed E-state index contributed by atoms with van der Waals surface area (Å²) < 4.78 is 15.4. The molecule has 1 amide bonds. The van der Waals surface area contributed by atoms with Crippen molar-refractivity contribution in [3.63, 3.8) is 0 Å². The number of aromatic nitrogens is 3. The number of amides is 1. The van der Waals surface area contributed by atoms with Gasteiger partial charge in [-0.2, -0.15) is 0 Å². The van der Waals surface area contributed by atoms with Crippen molar-refractivity contribution in [1.29, 1.82) is 0 Å². The standard InChI is InChI=1S/C18H22ClFN4OS/c1-11(17(25)21-13-8-9-16(20)15(19)10-13)26-18-23-22-12(2)24(18)14-6-4-3-5-7-14/h8-11,14H,3-7H2,1-2H3,(H,21,25). The van der Waals surface area contributed by atoms with E-state index in [-0.39, 0.29) is 16.2 Å². The van der Waals surface area contributed by atoms with Gasteiger partial charge in [0.2, 0.25) is 5.91 Å². The van der Waals surface area contributed by atoms with Crippen LogP contribution in [0.3, 0.4) is 0 Å². The van der Waals surface area contributed by atoms with Crippen LogP contribution in [0.25, 0.3) is 0 Å². The molecule has 1 aromatic carbocycles. The highest BCUT2D eigenvalue weighted by Crippen LogP contribution is 2.33. The second-order valence-electron chi connectivity index (χ2n) is 6.57. The van der Waals surface area contributed by atoms with Crippen molar-refractivity contribution >= 4 is 35.0 Å². The third-order valence-corrected chi connectivity index (χ3v) is 5.96. The van der Waals surface area contributed by atoms with Crippen molar-refractivity contribution in [2.45, 2.75) is 62.4 Å². The van der Waals surface area contributed by atoms with Gasteiger partial charge >= 0.3 is 0 Å². The molecule has 1 saturated carbocycles. The molecule has 1 aliphatic carbocycles. The van der Waals surface area contributed by atoms with Gasteiger partial charge in [-0.05, 0) is 44.9 Å². The molecule has 1 fully saturated rings. The van der Waals surface area contributed by atoms with Crippen molar-refractivity contribution in [2.75, 3.05) is 5.32 Å².